The molecule has 0 radical (unpaired) electrons. The number of esters is 1. The van der Waals surface area contributed by atoms with E-state index < -0.39 is 5.97 Å². The molecule has 1 aromatic rings. The molecular weight excluding hydrogens is 226 g/mol. The zero-order valence-electron chi connectivity index (χ0n) is 9.21. The highest BCUT2D eigenvalue weighted by atomic mass is 16.5. The van der Waals surface area contributed by atoms with Crippen LogP contribution in [0.25, 0.3) is 0 Å². The minimum Gasteiger partial charge on any atom is -0.463 e. The number of nitriles is 1. The third kappa shape index (κ3) is 3.90. The Morgan fingerprint density at radius 2 is 2.41 bits per heavy atom. The van der Waals surface area contributed by atoms with Gasteiger partial charge in [-0.25, -0.2) is 14.5 Å². The van der Waals surface area contributed by atoms with Gasteiger partial charge in [0, 0.05) is 6.54 Å². The summed E-state index contributed by atoms with van der Waals surface area (Å²) >= 11 is 0. The molecule has 0 aliphatic heterocycles. The number of carbonyl (C=O) groups is 2. The van der Waals surface area contributed by atoms with Crippen molar-refractivity contribution in [3.8, 4) is 6.07 Å². The zero-order valence-corrected chi connectivity index (χ0v) is 9.21. The SMILES string of the molecule is COC(=O)c1ncn(CC(=O)NCCC#N)n1. The maximum Gasteiger partial charge on any atom is 0.377 e. The summed E-state index contributed by atoms with van der Waals surface area (Å²) in [6.07, 6.45) is 1.51. The number of methoxy groups -OCH3 is 1. The van der Waals surface area contributed by atoms with Crippen molar-refractivity contribution in [3.63, 3.8) is 0 Å². The molecule has 0 spiro atoms. The predicted octanol–water partition coefficient (Wildman–Crippen LogP) is -0.905. The topological polar surface area (TPSA) is 110 Å². The second-order valence-corrected chi connectivity index (χ2v) is 3.02. The Balaban J connectivity index is 2.46. The predicted molar refractivity (Wildman–Crippen MR) is 54.6 cm³/mol. The van der Waals surface area contributed by atoms with Gasteiger partial charge < -0.3 is 10.1 Å². The summed E-state index contributed by atoms with van der Waals surface area (Å²) in [7, 11) is 1.22. The van der Waals surface area contributed by atoms with E-state index in [1.54, 1.807) is 0 Å². The van der Waals surface area contributed by atoms with Crippen LogP contribution in [0, 0.1) is 11.3 Å². The average Bonchev–Trinajstić information content (AvgIpc) is 2.77. The molecule has 1 aromatic heterocycles. The summed E-state index contributed by atoms with van der Waals surface area (Å²) < 4.78 is 5.64. The van der Waals surface area contributed by atoms with Crippen LogP contribution in [0.3, 0.4) is 0 Å². The van der Waals surface area contributed by atoms with Crippen LogP contribution in [0.15, 0.2) is 6.33 Å². The van der Waals surface area contributed by atoms with Crippen LogP contribution in [0.1, 0.15) is 17.0 Å². The van der Waals surface area contributed by atoms with Crippen molar-refractivity contribution in [1.82, 2.24) is 20.1 Å². The first-order chi connectivity index (χ1) is 8.17. The van der Waals surface area contributed by atoms with E-state index in [1.807, 2.05) is 6.07 Å². The molecule has 17 heavy (non-hydrogen) atoms. The maximum absolute atomic E-state index is 11.3. The summed E-state index contributed by atoms with van der Waals surface area (Å²) in [4.78, 5) is 26.0. The highest BCUT2D eigenvalue weighted by Crippen LogP contribution is 1.92. The molecule has 0 saturated carbocycles. The molecule has 90 valence electrons. The highest BCUT2D eigenvalue weighted by molar-refractivity contribution is 5.84. The first kappa shape index (κ1) is 12.6. The van der Waals surface area contributed by atoms with Crippen LogP contribution in [-0.2, 0) is 16.1 Å². The molecule has 0 fully saturated rings. The van der Waals surface area contributed by atoms with Gasteiger partial charge in [0.2, 0.25) is 5.91 Å². The Morgan fingerprint density at radius 3 is 3.06 bits per heavy atom. The maximum atomic E-state index is 11.3. The standard InChI is InChI=1S/C9H11N5O3/c1-17-9(16)8-12-6-14(13-8)5-7(15)11-4-2-3-10/h6H,2,4-5H2,1H3,(H,11,15). The molecule has 8 heteroatoms. The molecule has 0 aromatic carbocycles. The monoisotopic (exact) mass is 237 g/mol. The van der Waals surface area contributed by atoms with Crippen LogP contribution in [-0.4, -0.2) is 40.3 Å². The van der Waals surface area contributed by atoms with E-state index in [4.69, 9.17) is 5.26 Å². The fraction of sp³-hybridized carbons (Fsp3) is 0.444. The molecule has 0 saturated heterocycles. The van der Waals surface area contributed by atoms with E-state index in [0.29, 0.717) is 0 Å². The van der Waals surface area contributed by atoms with E-state index >= 15 is 0 Å². The fourth-order valence-electron chi connectivity index (χ4n) is 1.02. The number of hydrogen-bond donors (Lipinski definition) is 1. The fourth-order valence-corrected chi connectivity index (χ4v) is 1.02. The van der Waals surface area contributed by atoms with Gasteiger partial charge in [0.15, 0.2) is 0 Å². The molecule has 1 amide bonds. The van der Waals surface area contributed by atoms with Gasteiger partial charge in [0.1, 0.15) is 12.9 Å². The molecule has 1 heterocycles. The van der Waals surface area contributed by atoms with Crippen molar-refractivity contribution >= 4 is 11.9 Å². The molecule has 0 bridgehead atoms. The smallest absolute Gasteiger partial charge is 0.377 e. The summed E-state index contributed by atoms with van der Waals surface area (Å²) in [6, 6.07) is 1.90. The van der Waals surface area contributed by atoms with Crippen LogP contribution < -0.4 is 5.32 Å². The Kier molecular flexibility index (Phi) is 4.62. The van der Waals surface area contributed by atoms with Crippen molar-refractivity contribution in [2.24, 2.45) is 0 Å². The molecule has 1 N–H and O–H groups in total. The van der Waals surface area contributed by atoms with E-state index in [0.717, 1.165) is 0 Å². The van der Waals surface area contributed by atoms with E-state index in [9.17, 15) is 9.59 Å². The summed E-state index contributed by atoms with van der Waals surface area (Å²) in [5, 5.41) is 14.6. The van der Waals surface area contributed by atoms with Crippen molar-refractivity contribution in [2.75, 3.05) is 13.7 Å². The van der Waals surface area contributed by atoms with Crippen molar-refractivity contribution < 1.29 is 14.3 Å². The van der Waals surface area contributed by atoms with Crippen LogP contribution >= 0.6 is 0 Å². The number of rotatable bonds is 5. The number of aromatic nitrogens is 3. The third-order valence-corrected chi connectivity index (χ3v) is 1.77. The normalized spacial score (nSPS) is 9.41. The minimum absolute atomic E-state index is 0.0601. The van der Waals surface area contributed by atoms with E-state index in [1.165, 1.54) is 18.1 Å². The molecule has 0 atom stereocenters. The van der Waals surface area contributed by atoms with Gasteiger partial charge >= 0.3 is 5.97 Å². The lowest BCUT2D eigenvalue weighted by atomic mass is 10.4. The summed E-state index contributed by atoms with van der Waals surface area (Å²) in [5.74, 6) is -1.06. The van der Waals surface area contributed by atoms with E-state index in [-0.39, 0.29) is 31.2 Å². The second-order valence-electron chi connectivity index (χ2n) is 3.02. The van der Waals surface area contributed by atoms with Gasteiger partial charge in [0.05, 0.1) is 19.6 Å². The minimum atomic E-state index is -0.659. The van der Waals surface area contributed by atoms with Crippen molar-refractivity contribution in [3.05, 3.63) is 12.2 Å². The van der Waals surface area contributed by atoms with Gasteiger partial charge in [-0.3, -0.25) is 4.79 Å². The van der Waals surface area contributed by atoms with Crippen LogP contribution in [0.2, 0.25) is 0 Å². The first-order valence-corrected chi connectivity index (χ1v) is 4.78. The Bertz CT molecular complexity index is 448. The number of nitrogens with one attached hydrogen (secondary N) is 1. The summed E-state index contributed by atoms with van der Waals surface area (Å²) in [5.41, 5.74) is 0. The van der Waals surface area contributed by atoms with Gasteiger partial charge in [-0.15, -0.1) is 5.10 Å². The van der Waals surface area contributed by atoms with Gasteiger partial charge in [-0.1, -0.05) is 0 Å². The molecular formula is C9H11N5O3. The average molecular weight is 237 g/mol. The van der Waals surface area contributed by atoms with Gasteiger partial charge in [0.25, 0.3) is 5.82 Å². The summed E-state index contributed by atoms with van der Waals surface area (Å²) in [6.45, 7) is 0.226. The van der Waals surface area contributed by atoms with Crippen LogP contribution in [0.5, 0.6) is 0 Å². The zero-order chi connectivity index (χ0) is 12.7. The second kappa shape index (κ2) is 6.22. The lowest BCUT2D eigenvalue weighted by Crippen LogP contribution is -2.28. The number of ether oxygens (including phenoxy) is 1. The van der Waals surface area contributed by atoms with Crippen molar-refractivity contribution in [1.29, 1.82) is 5.26 Å². The molecule has 0 aliphatic rings. The van der Waals surface area contributed by atoms with Gasteiger partial charge in [-0.05, 0) is 0 Å². The van der Waals surface area contributed by atoms with Crippen molar-refractivity contribution in [2.45, 2.75) is 13.0 Å². The molecule has 0 aliphatic carbocycles. The lowest BCUT2D eigenvalue weighted by molar-refractivity contribution is -0.121. The number of amides is 1. The molecule has 8 nitrogen and oxygen atoms in total. The van der Waals surface area contributed by atoms with E-state index in [2.05, 4.69) is 20.1 Å². The first-order valence-electron chi connectivity index (χ1n) is 4.78. The third-order valence-electron chi connectivity index (χ3n) is 1.77. The lowest BCUT2D eigenvalue weighted by Gasteiger charge is -2.01. The Hall–Kier alpha value is -2.43. The quantitative estimate of drug-likeness (QED) is 0.524. The number of hydrogen-bond acceptors (Lipinski definition) is 6. The molecule has 0 unspecified atom stereocenters. The highest BCUT2D eigenvalue weighted by Gasteiger charge is 2.12. The largest absolute Gasteiger partial charge is 0.463 e. The number of nitrogens with zero attached hydrogens (tertiary/aromatic N) is 4. The number of carbonyl (C=O) groups excluding carboxylic acids is 2. The Labute approximate surface area is 97.2 Å². The molecule has 1 rings (SSSR count). The Morgan fingerprint density at radius 1 is 1.65 bits per heavy atom. The van der Waals surface area contributed by atoms with Crippen LogP contribution in [0.4, 0.5) is 0 Å². The van der Waals surface area contributed by atoms with Gasteiger partial charge in [-0.2, -0.15) is 5.26 Å².